The lowest BCUT2D eigenvalue weighted by molar-refractivity contribution is 0.598. The number of rotatable bonds is 6. The molecule has 8 heteroatoms. The number of para-hydroxylation sites is 1. The first-order valence-corrected chi connectivity index (χ1v) is 9.42. The Morgan fingerprint density at radius 3 is 2.65 bits per heavy atom. The maximum Gasteiger partial charge on any atom is 0.238 e. The number of nitrogens with zero attached hydrogens (tertiary/aromatic N) is 3. The summed E-state index contributed by atoms with van der Waals surface area (Å²) in [5, 5.41) is 21.8. The van der Waals surface area contributed by atoms with Crippen LogP contribution in [-0.2, 0) is 16.4 Å². The van der Waals surface area contributed by atoms with E-state index < -0.39 is 10.0 Å². The predicted octanol–water partition coefficient (Wildman–Crippen LogP) is 2.05. The molecule has 3 N–H and O–H groups in total. The molecule has 2 aromatic carbocycles. The molecule has 3 aromatic rings. The molecule has 0 aliphatic carbocycles. The Kier molecular flexibility index (Phi) is 5.02. The van der Waals surface area contributed by atoms with Gasteiger partial charge in [0.1, 0.15) is 6.07 Å². The first-order chi connectivity index (χ1) is 12.5. The maximum atomic E-state index is 11.4. The van der Waals surface area contributed by atoms with Crippen LogP contribution >= 0.6 is 0 Å². The SMILES string of the molecule is N#Cc1cc(S(N)(=O)=O)ccc1NCCc1cnn(-c2ccccc2)c1. The summed E-state index contributed by atoms with van der Waals surface area (Å²) >= 11 is 0. The third kappa shape index (κ3) is 4.08. The van der Waals surface area contributed by atoms with E-state index in [4.69, 9.17) is 5.14 Å². The van der Waals surface area contributed by atoms with Crippen LogP contribution in [-0.4, -0.2) is 24.7 Å². The van der Waals surface area contributed by atoms with Crippen LogP contribution in [0, 0.1) is 11.3 Å². The number of hydrogen-bond acceptors (Lipinski definition) is 5. The Labute approximate surface area is 151 Å². The van der Waals surface area contributed by atoms with Gasteiger partial charge in [0.05, 0.1) is 28.0 Å². The molecule has 0 unspecified atom stereocenters. The summed E-state index contributed by atoms with van der Waals surface area (Å²) in [4.78, 5) is -0.0799. The molecular formula is C18H17N5O2S. The van der Waals surface area contributed by atoms with Crippen molar-refractivity contribution in [3.05, 3.63) is 72.1 Å². The Bertz CT molecular complexity index is 1050. The van der Waals surface area contributed by atoms with Gasteiger partial charge in [-0.05, 0) is 42.3 Å². The van der Waals surface area contributed by atoms with E-state index in [1.54, 1.807) is 16.9 Å². The number of hydrogen-bond donors (Lipinski definition) is 2. The van der Waals surface area contributed by atoms with Crippen LogP contribution < -0.4 is 10.5 Å². The van der Waals surface area contributed by atoms with E-state index in [0.717, 1.165) is 11.3 Å². The Morgan fingerprint density at radius 1 is 1.19 bits per heavy atom. The highest BCUT2D eigenvalue weighted by Gasteiger charge is 2.11. The third-order valence-corrected chi connectivity index (χ3v) is 4.74. The molecule has 1 heterocycles. The Hall–Kier alpha value is -3.15. The quantitative estimate of drug-likeness (QED) is 0.692. The van der Waals surface area contributed by atoms with Gasteiger partial charge in [-0.25, -0.2) is 18.2 Å². The van der Waals surface area contributed by atoms with Gasteiger partial charge in [0.25, 0.3) is 0 Å². The fourth-order valence-corrected chi connectivity index (χ4v) is 3.04. The lowest BCUT2D eigenvalue weighted by Gasteiger charge is -2.08. The molecule has 0 aliphatic rings. The van der Waals surface area contributed by atoms with Crippen molar-refractivity contribution in [1.82, 2.24) is 9.78 Å². The summed E-state index contributed by atoms with van der Waals surface area (Å²) in [6.45, 7) is 0.573. The van der Waals surface area contributed by atoms with Crippen molar-refractivity contribution in [3.63, 3.8) is 0 Å². The smallest absolute Gasteiger partial charge is 0.238 e. The van der Waals surface area contributed by atoms with Crippen LogP contribution in [0.1, 0.15) is 11.1 Å². The highest BCUT2D eigenvalue weighted by molar-refractivity contribution is 7.89. The number of sulfonamides is 1. The van der Waals surface area contributed by atoms with Crippen molar-refractivity contribution in [2.24, 2.45) is 5.14 Å². The second kappa shape index (κ2) is 7.39. The van der Waals surface area contributed by atoms with Crippen LogP contribution in [0.2, 0.25) is 0 Å². The molecule has 132 valence electrons. The number of primary sulfonamides is 1. The van der Waals surface area contributed by atoms with Crippen LogP contribution in [0.25, 0.3) is 5.69 Å². The molecule has 26 heavy (non-hydrogen) atoms. The van der Waals surface area contributed by atoms with Crippen LogP contribution in [0.3, 0.4) is 0 Å². The average molecular weight is 367 g/mol. The second-order valence-corrected chi connectivity index (χ2v) is 7.23. The van der Waals surface area contributed by atoms with Crippen molar-refractivity contribution >= 4 is 15.7 Å². The van der Waals surface area contributed by atoms with Crippen molar-refractivity contribution in [2.45, 2.75) is 11.3 Å². The molecule has 0 atom stereocenters. The predicted molar refractivity (Wildman–Crippen MR) is 98.3 cm³/mol. The van der Waals surface area contributed by atoms with Gasteiger partial charge in [-0.3, -0.25) is 0 Å². The molecule has 0 saturated heterocycles. The minimum Gasteiger partial charge on any atom is -0.384 e. The van der Waals surface area contributed by atoms with E-state index in [0.29, 0.717) is 18.7 Å². The first kappa shape index (κ1) is 17.7. The molecule has 0 bridgehead atoms. The van der Waals surface area contributed by atoms with Gasteiger partial charge in [-0.1, -0.05) is 18.2 Å². The lowest BCUT2D eigenvalue weighted by Crippen LogP contribution is -2.13. The maximum absolute atomic E-state index is 11.4. The van der Waals surface area contributed by atoms with Crippen molar-refractivity contribution in [2.75, 3.05) is 11.9 Å². The van der Waals surface area contributed by atoms with Gasteiger partial charge < -0.3 is 5.32 Å². The summed E-state index contributed by atoms with van der Waals surface area (Å²) in [6, 6.07) is 16.0. The molecule has 1 aromatic heterocycles. The van der Waals surface area contributed by atoms with E-state index in [1.807, 2.05) is 42.6 Å². The van der Waals surface area contributed by atoms with Crippen LogP contribution in [0.15, 0.2) is 65.8 Å². The van der Waals surface area contributed by atoms with E-state index in [1.165, 1.54) is 12.1 Å². The van der Waals surface area contributed by atoms with Gasteiger partial charge in [0.15, 0.2) is 0 Å². The second-order valence-electron chi connectivity index (χ2n) is 5.67. The Morgan fingerprint density at radius 2 is 1.96 bits per heavy atom. The molecule has 0 amide bonds. The van der Waals surface area contributed by atoms with Crippen molar-refractivity contribution in [1.29, 1.82) is 5.26 Å². The van der Waals surface area contributed by atoms with E-state index in [9.17, 15) is 13.7 Å². The van der Waals surface area contributed by atoms with Crippen LogP contribution in [0.5, 0.6) is 0 Å². The molecule has 0 spiro atoms. The Balaban J connectivity index is 1.66. The van der Waals surface area contributed by atoms with Crippen molar-refractivity contribution < 1.29 is 8.42 Å². The fraction of sp³-hybridized carbons (Fsp3) is 0.111. The molecular weight excluding hydrogens is 350 g/mol. The van der Waals surface area contributed by atoms with Gasteiger partial charge in [-0.2, -0.15) is 10.4 Å². The van der Waals surface area contributed by atoms with Crippen LogP contribution in [0.4, 0.5) is 5.69 Å². The molecule has 0 radical (unpaired) electrons. The summed E-state index contributed by atoms with van der Waals surface area (Å²) < 4.78 is 24.5. The standard InChI is InChI=1S/C18H17N5O2S/c19-11-15-10-17(26(20,24)25)6-7-18(15)21-9-8-14-12-22-23(13-14)16-4-2-1-3-5-16/h1-7,10,12-13,21H,8-9H2,(H2,20,24,25). The summed E-state index contributed by atoms with van der Waals surface area (Å²) in [6.07, 6.45) is 4.45. The van der Waals surface area contributed by atoms with Gasteiger partial charge in [0.2, 0.25) is 10.0 Å². The van der Waals surface area contributed by atoms with Gasteiger partial charge in [0, 0.05) is 12.7 Å². The minimum atomic E-state index is -3.83. The monoisotopic (exact) mass is 367 g/mol. The summed E-state index contributed by atoms with van der Waals surface area (Å²) in [5.41, 5.74) is 2.82. The molecule has 3 rings (SSSR count). The molecule has 0 fully saturated rings. The molecule has 7 nitrogen and oxygen atoms in total. The largest absolute Gasteiger partial charge is 0.384 e. The highest BCUT2D eigenvalue weighted by atomic mass is 32.2. The lowest BCUT2D eigenvalue weighted by atomic mass is 10.2. The average Bonchev–Trinajstić information content (AvgIpc) is 3.11. The van der Waals surface area contributed by atoms with E-state index in [2.05, 4.69) is 10.4 Å². The molecule has 0 aliphatic heterocycles. The third-order valence-electron chi connectivity index (χ3n) is 3.83. The summed E-state index contributed by atoms with van der Waals surface area (Å²) in [7, 11) is -3.83. The fourth-order valence-electron chi connectivity index (χ4n) is 2.50. The zero-order valence-corrected chi connectivity index (χ0v) is 14.6. The van der Waals surface area contributed by atoms with Gasteiger partial charge >= 0.3 is 0 Å². The first-order valence-electron chi connectivity index (χ1n) is 7.87. The normalized spacial score (nSPS) is 11.1. The zero-order chi connectivity index (χ0) is 18.6. The number of anilines is 1. The summed E-state index contributed by atoms with van der Waals surface area (Å²) in [5.74, 6) is 0. The number of aromatic nitrogens is 2. The van der Waals surface area contributed by atoms with E-state index >= 15 is 0 Å². The number of nitrogens with one attached hydrogen (secondary N) is 1. The zero-order valence-electron chi connectivity index (χ0n) is 13.8. The number of nitrogens with two attached hydrogens (primary N) is 1. The van der Waals surface area contributed by atoms with Crippen molar-refractivity contribution in [3.8, 4) is 11.8 Å². The number of nitriles is 1. The molecule has 0 saturated carbocycles. The highest BCUT2D eigenvalue weighted by Crippen LogP contribution is 2.19. The minimum absolute atomic E-state index is 0.0799. The van der Waals surface area contributed by atoms with Gasteiger partial charge in [-0.15, -0.1) is 0 Å². The van der Waals surface area contributed by atoms with E-state index in [-0.39, 0.29) is 10.5 Å². The topological polar surface area (TPSA) is 114 Å². The number of benzene rings is 2.